The fourth-order valence-electron chi connectivity index (χ4n) is 1.84. The van der Waals surface area contributed by atoms with Gasteiger partial charge in [0.25, 0.3) is 0 Å². The van der Waals surface area contributed by atoms with E-state index in [9.17, 15) is 0 Å². The van der Waals surface area contributed by atoms with E-state index in [0.29, 0.717) is 17.1 Å². The highest BCUT2D eigenvalue weighted by Crippen LogP contribution is 2.15. The molecule has 0 saturated carbocycles. The average molecular weight is 257 g/mol. The molecule has 1 heterocycles. The minimum atomic E-state index is 0.394. The highest BCUT2D eigenvalue weighted by Gasteiger charge is 2.12. The molecule has 0 aliphatic rings. The molecule has 0 bridgehead atoms. The number of anilines is 1. The normalized spacial score (nSPS) is 13.1. The Kier molecular flexibility index (Phi) is 5.65. The molecule has 0 spiro atoms. The summed E-state index contributed by atoms with van der Waals surface area (Å²) in [6.07, 6.45) is 2.81. The summed E-state index contributed by atoms with van der Waals surface area (Å²) < 4.78 is 0. The molecule has 0 aliphatic heterocycles. The van der Waals surface area contributed by atoms with E-state index in [1.807, 2.05) is 0 Å². The lowest BCUT2D eigenvalue weighted by molar-refractivity contribution is 0.356. The van der Waals surface area contributed by atoms with Crippen molar-refractivity contribution in [1.82, 2.24) is 15.1 Å². The van der Waals surface area contributed by atoms with Crippen molar-refractivity contribution in [1.29, 1.82) is 0 Å². The lowest BCUT2D eigenvalue weighted by Gasteiger charge is -2.24. The zero-order valence-electron chi connectivity index (χ0n) is 10.9. The van der Waals surface area contributed by atoms with Crippen molar-refractivity contribution in [3.8, 4) is 0 Å². The maximum atomic E-state index is 5.82. The van der Waals surface area contributed by atoms with E-state index >= 15 is 0 Å². The fraction of sp³-hybridized carbons (Fsp3) is 0.667. The summed E-state index contributed by atoms with van der Waals surface area (Å²) in [5.41, 5.74) is 0.928. The molecule has 1 aromatic rings. The topological polar surface area (TPSA) is 41.0 Å². The van der Waals surface area contributed by atoms with Crippen LogP contribution in [0.15, 0.2) is 12.3 Å². The van der Waals surface area contributed by atoms with Crippen molar-refractivity contribution in [3.05, 3.63) is 17.4 Å². The second-order valence-electron chi connectivity index (χ2n) is 5.00. The number of hydrogen-bond donors (Lipinski definition) is 1. The van der Waals surface area contributed by atoms with Gasteiger partial charge >= 0.3 is 0 Å². The molecule has 0 fully saturated rings. The van der Waals surface area contributed by atoms with Crippen LogP contribution in [0.25, 0.3) is 0 Å². The first-order valence-electron chi connectivity index (χ1n) is 5.87. The molecule has 0 radical (unpaired) electrons. The first-order chi connectivity index (χ1) is 7.97. The molecule has 1 aromatic heterocycles. The molecule has 0 saturated heterocycles. The van der Waals surface area contributed by atoms with Crippen LogP contribution in [0.3, 0.4) is 0 Å². The summed E-state index contributed by atoms with van der Waals surface area (Å²) >= 11 is 5.82. The van der Waals surface area contributed by atoms with Crippen LogP contribution in [0.4, 0.5) is 5.69 Å². The molecule has 1 rings (SSSR count). The first kappa shape index (κ1) is 14.2. The number of likely N-dealkylation sites (N-methyl/N-ethyl adjacent to an activating group) is 1. The smallest absolute Gasteiger partial charge is 0.153 e. The van der Waals surface area contributed by atoms with Gasteiger partial charge in [0, 0.05) is 18.7 Å². The van der Waals surface area contributed by atoms with E-state index in [-0.39, 0.29) is 0 Å². The molecule has 1 N–H and O–H groups in total. The van der Waals surface area contributed by atoms with Gasteiger partial charge in [-0.3, -0.25) is 0 Å². The van der Waals surface area contributed by atoms with E-state index in [0.717, 1.165) is 18.7 Å². The molecular formula is C12H21ClN4. The highest BCUT2D eigenvalue weighted by atomic mass is 35.5. The van der Waals surface area contributed by atoms with Crippen molar-refractivity contribution in [2.45, 2.75) is 26.3 Å². The number of rotatable bonds is 6. The number of halogens is 1. The van der Waals surface area contributed by atoms with Gasteiger partial charge < -0.3 is 10.2 Å². The van der Waals surface area contributed by atoms with Crippen LogP contribution in [0.2, 0.25) is 5.15 Å². The lowest BCUT2D eigenvalue weighted by atomic mass is 10.0. The summed E-state index contributed by atoms with van der Waals surface area (Å²) in [6, 6.07) is 2.20. The van der Waals surface area contributed by atoms with Crippen molar-refractivity contribution < 1.29 is 0 Å². The van der Waals surface area contributed by atoms with Gasteiger partial charge in [-0.05, 0) is 26.4 Å². The van der Waals surface area contributed by atoms with E-state index in [4.69, 9.17) is 11.6 Å². The van der Waals surface area contributed by atoms with Crippen LogP contribution in [0.1, 0.15) is 20.3 Å². The van der Waals surface area contributed by atoms with Gasteiger partial charge in [0.15, 0.2) is 5.15 Å². The minimum absolute atomic E-state index is 0.394. The van der Waals surface area contributed by atoms with E-state index in [1.54, 1.807) is 12.3 Å². The van der Waals surface area contributed by atoms with Crippen LogP contribution in [-0.4, -0.2) is 41.8 Å². The number of nitrogens with zero attached hydrogens (tertiary/aromatic N) is 3. The van der Waals surface area contributed by atoms with Gasteiger partial charge in [0.1, 0.15) is 0 Å². The maximum Gasteiger partial charge on any atom is 0.153 e. The van der Waals surface area contributed by atoms with E-state index in [1.165, 1.54) is 0 Å². The molecule has 4 nitrogen and oxygen atoms in total. The monoisotopic (exact) mass is 256 g/mol. The van der Waals surface area contributed by atoms with Crippen molar-refractivity contribution >= 4 is 17.3 Å². The SMILES string of the molecule is CC(C)CC(CN(C)C)Nc1cnnc(Cl)c1. The Morgan fingerprint density at radius 2 is 2.12 bits per heavy atom. The van der Waals surface area contributed by atoms with Crippen molar-refractivity contribution in [3.63, 3.8) is 0 Å². The maximum absolute atomic E-state index is 5.82. The quantitative estimate of drug-likeness (QED) is 0.849. The summed E-state index contributed by atoms with van der Waals surface area (Å²) in [4.78, 5) is 2.18. The van der Waals surface area contributed by atoms with E-state index < -0.39 is 0 Å². The summed E-state index contributed by atoms with van der Waals surface area (Å²) in [7, 11) is 4.15. The third-order valence-corrected chi connectivity index (χ3v) is 2.52. The van der Waals surface area contributed by atoms with Gasteiger partial charge in [-0.1, -0.05) is 25.4 Å². The lowest BCUT2D eigenvalue weighted by Crippen LogP contribution is -2.33. The Morgan fingerprint density at radius 3 is 2.65 bits per heavy atom. The fourth-order valence-corrected chi connectivity index (χ4v) is 2.01. The zero-order chi connectivity index (χ0) is 12.8. The van der Waals surface area contributed by atoms with Gasteiger partial charge in [0.05, 0.1) is 11.9 Å². The van der Waals surface area contributed by atoms with E-state index in [2.05, 4.69) is 48.4 Å². The standard InChI is InChI=1S/C12H21ClN4/c1-9(2)5-11(8-17(3)4)15-10-6-12(13)16-14-7-10/h6-7,9,11H,5,8H2,1-4H3,(H,15,16). The van der Waals surface area contributed by atoms with Gasteiger partial charge in [-0.15, -0.1) is 5.10 Å². The summed E-state index contributed by atoms with van der Waals surface area (Å²) in [5, 5.41) is 11.4. The predicted octanol–water partition coefficient (Wildman–Crippen LogP) is 2.52. The van der Waals surface area contributed by atoms with Crippen molar-refractivity contribution in [2.24, 2.45) is 5.92 Å². The first-order valence-corrected chi connectivity index (χ1v) is 6.24. The summed E-state index contributed by atoms with van der Waals surface area (Å²) in [5.74, 6) is 0.651. The largest absolute Gasteiger partial charge is 0.380 e. The Hall–Kier alpha value is -0.870. The van der Waals surface area contributed by atoms with Crippen LogP contribution in [0.5, 0.6) is 0 Å². The van der Waals surface area contributed by atoms with Gasteiger partial charge in [-0.2, -0.15) is 5.10 Å². The van der Waals surface area contributed by atoms with Crippen molar-refractivity contribution in [2.75, 3.05) is 26.0 Å². The average Bonchev–Trinajstić information content (AvgIpc) is 2.14. The molecule has 17 heavy (non-hydrogen) atoms. The molecule has 0 aromatic carbocycles. The Balaban J connectivity index is 2.64. The van der Waals surface area contributed by atoms with Crippen LogP contribution < -0.4 is 5.32 Å². The number of nitrogens with one attached hydrogen (secondary N) is 1. The molecule has 0 aliphatic carbocycles. The molecule has 1 atom stereocenters. The summed E-state index contributed by atoms with van der Waals surface area (Å²) in [6.45, 7) is 5.43. The number of aromatic nitrogens is 2. The van der Waals surface area contributed by atoms with Crippen LogP contribution >= 0.6 is 11.6 Å². The van der Waals surface area contributed by atoms with Crippen LogP contribution in [0, 0.1) is 5.92 Å². The second-order valence-corrected chi connectivity index (χ2v) is 5.39. The Morgan fingerprint density at radius 1 is 1.41 bits per heavy atom. The number of hydrogen-bond acceptors (Lipinski definition) is 4. The third-order valence-electron chi connectivity index (χ3n) is 2.34. The molecule has 96 valence electrons. The molecular weight excluding hydrogens is 236 g/mol. The molecule has 0 amide bonds. The zero-order valence-corrected chi connectivity index (χ0v) is 11.7. The van der Waals surface area contributed by atoms with Gasteiger partial charge in [0.2, 0.25) is 0 Å². The highest BCUT2D eigenvalue weighted by molar-refractivity contribution is 6.29. The Bertz CT molecular complexity index is 331. The third kappa shape index (κ3) is 5.84. The van der Waals surface area contributed by atoms with Crippen LogP contribution in [-0.2, 0) is 0 Å². The minimum Gasteiger partial charge on any atom is -0.380 e. The Labute approximate surface area is 108 Å². The van der Waals surface area contributed by atoms with Gasteiger partial charge in [-0.25, -0.2) is 0 Å². The second kappa shape index (κ2) is 6.77. The predicted molar refractivity (Wildman–Crippen MR) is 72.5 cm³/mol. The molecule has 1 unspecified atom stereocenters. The molecule has 5 heteroatoms.